The fraction of sp³-hybridized carbons (Fsp3) is 0.778. The van der Waals surface area contributed by atoms with Gasteiger partial charge in [0.05, 0.1) is 5.01 Å². The highest BCUT2D eigenvalue weighted by molar-refractivity contribution is 7.09. The monoisotopic (exact) mass is 334 g/mol. The molecule has 5 heteroatoms. The molecule has 1 aliphatic heterocycles. The minimum atomic E-state index is 0.912. The van der Waals surface area contributed by atoms with Crippen molar-refractivity contribution in [3.8, 4) is 0 Å². The van der Waals surface area contributed by atoms with E-state index < -0.39 is 0 Å². The number of aromatic nitrogens is 1. The van der Waals surface area contributed by atoms with Gasteiger partial charge in [-0.1, -0.05) is 12.8 Å². The van der Waals surface area contributed by atoms with E-state index in [9.17, 15) is 0 Å². The van der Waals surface area contributed by atoms with Crippen LogP contribution in [0.4, 0.5) is 0 Å². The number of guanidine groups is 1. The average Bonchev–Trinajstić information content (AvgIpc) is 3.16. The molecule has 0 bridgehead atoms. The lowest BCUT2D eigenvalue weighted by Gasteiger charge is -2.22. The minimum absolute atomic E-state index is 0.912. The summed E-state index contributed by atoms with van der Waals surface area (Å²) in [5, 5.41) is 6.99. The van der Waals surface area contributed by atoms with Crippen LogP contribution >= 0.6 is 11.3 Å². The Morgan fingerprint density at radius 3 is 2.65 bits per heavy atom. The summed E-state index contributed by atoms with van der Waals surface area (Å²) < 4.78 is 0. The van der Waals surface area contributed by atoms with Crippen molar-refractivity contribution in [2.45, 2.75) is 51.9 Å². The zero-order valence-corrected chi connectivity index (χ0v) is 15.4. The molecular formula is C18H30N4S. The summed E-state index contributed by atoms with van der Waals surface area (Å²) in [4.78, 5) is 11.5. The molecular weight excluding hydrogens is 304 g/mol. The highest BCUT2D eigenvalue weighted by Gasteiger charge is 2.35. The lowest BCUT2D eigenvalue weighted by Crippen LogP contribution is -2.40. The molecule has 1 saturated carbocycles. The van der Waals surface area contributed by atoms with Gasteiger partial charge in [-0.15, -0.1) is 11.3 Å². The van der Waals surface area contributed by atoms with E-state index in [4.69, 9.17) is 0 Å². The summed E-state index contributed by atoms with van der Waals surface area (Å²) >= 11 is 1.79. The van der Waals surface area contributed by atoms with E-state index in [1.807, 2.05) is 7.05 Å². The first-order valence-electron chi connectivity index (χ1n) is 9.13. The summed E-state index contributed by atoms with van der Waals surface area (Å²) in [5.74, 6) is 2.94. The SMILES string of the molecule is CN=C(NCCCCc1nc(C)cs1)N1CC2CCCCC2C1. The number of nitrogens with one attached hydrogen (secondary N) is 1. The molecule has 1 aliphatic carbocycles. The van der Waals surface area contributed by atoms with E-state index in [1.54, 1.807) is 11.3 Å². The summed E-state index contributed by atoms with van der Waals surface area (Å²) in [6.07, 6.45) is 9.18. The van der Waals surface area contributed by atoms with Gasteiger partial charge in [0.1, 0.15) is 0 Å². The van der Waals surface area contributed by atoms with Crippen LogP contribution < -0.4 is 5.32 Å². The van der Waals surface area contributed by atoms with Crippen LogP contribution in [0.5, 0.6) is 0 Å². The Morgan fingerprint density at radius 1 is 1.30 bits per heavy atom. The van der Waals surface area contributed by atoms with Gasteiger partial charge < -0.3 is 10.2 Å². The highest BCUT2D eigenvalue weighted by Crippen LogP contribution is 2.35. The van der Waals surface area contributed by atoms with Gasteiger partial charge in [-0.25, -0.2) is 4.98 Å². The number of hydrogen-bond donors (Lipinski definition) is 1. The molecule has 2 atom stereocenters. The van der Waals surface area contributed by atoms with Crippen molar-refractivity contribution in [1.29, 1.82) is 0 Å². The van der Waals surface area contributed by atoms with Crippen LogP contribution in [0, 0.1) is 18.8 Å². The van der Waals surface area contributed by atoms with E-state index in [2.05, 4.69) is 32.5 Å². The van der Waals surface area contributed by atoms with Crippen LogP contribution in [0.2, 0.25) is 0 Å². The predicted molar refractivity (Wildman–Crippen MR) is 98.2 cm³/mol. The van der Waals surface area contributed by atoms with Gasteiger partial charge in [0, 0.05) is 37.8 Å². The fourth-order valence-electron chi connectivity index (χ4n) is 4.03. The molecule has 2 unspecified atom stereocenters. The third kappa shape index (κ3) is 4.46. The topological polar surface area (TPSA) is 40.5 Å². The maximum Gasteiger partial charge on any atom is 0.193 e. The molecule has 1 saturated heterocycles. The number of rotatable bonds is 5. The maximum atomic E-state index is 4.53. The quantitative estimate of drug-likeness (QED) is 0.509. The summed E-state index contributed by atoms with van der Waals surface area (Å²) in [5.41, 5.74) is 1.15. The number of aliphatic imine (C=N–C) groups is 1. The number of unbranched alkanes of at least 4 members (excludes halogenated alkanes) is 1. The predicted octanol–water partition coefficient (Wildman–Crippen LogP) is 3.47. The van der Waals surface area contributed by atoms with Crippen LogP contribution in [0.1, 0.15) is 49.2 Å². The molecule has 2 heterocycles. The maximum absolute atomic E-state index is 4.53. The molecule has 4 nitrogen and oxygen atoms in total. The van der Waals surface area contributed by atoms with E-state index in [1.165, 1.54) is 56.6 Å². The second kappa shape index (κ2) is 8.13. The number of nitrogens with zero attached hydrogens (tertiary/aromatic N) is 3. The summed E-state index contributed by atoms with van der Waals surface area (Å²) in [6.45, 7) is 5.51. The largest absolute Gasteiger partial charge is 0.356 e. The van der Waals surface area contributed by atoms with Gasteiger partial charge in [-0.05, 0) is 50.9 Å². The van der Waals surface area contributed by atoms with Crippen LogP contribution in [0.3, 0.4) is 0 Å². The van der Waals surface area contributed by atoms with Gasteiger partial charge in [-0.2, -0.15) is 0 Å². The van der Waals surface area contributed by atoms with Crippen LogP contribution in [-0.4, -0.2) is 42.5 Å². The van der Waals surface area contributed by atoms with Crippen molar-refractivity contribution in [3.05, 3.63) is 16.1 Å². The Labute approximate surface area is 144 Å². The van der Waals surface area contributed by atoms with Gasteiger partial charge in [0.25, 0.3) is 0 Å². The van der Waals surface area contributed by atoms with Crippen LogP contribution in [0.15, 0.2) is 10.4 Å². The Bertz CT molecular complexity index is 511. The fourth-order valence-corrected chi connectivity index (χ4v) is 4.85. The van der Waals surface area contributed by atoms with E-state index in [0.29, 0.717) is 0 Å². The standard InChI is InChI=1S/C18H30N4S/c1-14-13-23-17(21-14)9-5-6-10-20-18(19-2)22-11-15-7-3-4-8-16(15)12-22/h13,15-16H,3-12H2,1-2H3,(H,19,20). The number of hydrogen-bond acceptors (Lipinski definition) is 3. The van der Waals surface area contributed by atoms with Gasteiger partial charge in [-0.3, -0.25) is 4.99 Å². The third-order valence-corrected chi connectivity index (χ3v) is 6.28. The average molecular weight is 335 g/mol. The van der Waals surface area contributed by atoms with E-state index in [0.717, 1.165) is 36.5 Å². The van der Waals surface area contributed by atoms with Crippen LogP contribution in [0.25, 0.3) is 0 Å². The molecule has 2 aliphatic rings. The third-order valence-electron chi connectivity index (χ3n) is 5.25. The van der Waals surface area contributed by atoms with Gasteiger partial charge >= 0.3 is 0 Å². The lowest BCUT2D eigenvalue weighted by atomic mass is 9.82. The van der Waals surface area contributed by atoms with Gasteiger partial charge in [0.15, 0.2) is 5.96 Å². The minimum Gasteiger partial charge on any atom is -0.356 e. The first-order valence-corrected chi connectivity index (χ1v) is 10.0. The summed E-state index contributed by atoms with van der Waals surface area (Å²) in [7, 11) is 1.92. The molecule has 1 N–H and O–H groups in total. The second-order valence-electron chi connectivity index (χ2n) is 7.02. The number of aryl methyl sites for hydroxylation is 2. The summed E-state index contributed by atoms with van der Waals surface area (Å²) in [6, 6.07) is 0. The molecule has 0 radical (unpaired) electrons. The van der Waals surface area contributed by atoms with Crippen molar-refractivity contribution in [3.63, 3.8) is 0 Å². The van der Waals surface area contributed by atoms with Crippen molar-refractivity contribution >= 4 is 17.3 Å². The van der Waals surface area contributed by atoms with Crippen LogP contribution in [-0.2, 0) is 6.42 Å². The molecule has 1 aromatic rings. The molecule has 0 aromatic carbocycles. The van der Waals surface area contributed by atoms with Crippen molar-refractivity contribution < 1.29 is 0 Å². The Hall–Kier alpha value is -1.10. The van der Waals surface area contributed by atoms with Crippen molar-refractivity contribution in [2.75, 3.05) is 26.7 Å². The Kier molecular flexibility index (Phi) is 5.92. The number of fused-ring (bicyclic) bond motifs is 1. The normalized spacial score (nSPS) is 24.8. The second-order valence-corrected chi connectivity index (χ2v) is 7.97. The number of likely N-dealkylation sites (tertiary alicyclic amines) is 1. The van der Waals surface area contributed by atoms with E-state index >= 15 is 0 Å². The molecule has 2 fully saturated rings. The lowest BCUT2D eigenvalue weighted by molar-refractivity contribution is 0.299. The zero-order chi connectivity index (χ0) is 16.1. The molecule has 3 rings (SSSR count). The molecule has 1 aromatic heterocycles. The molecule has 0 amide bonds. The molecule has 128 valence electrons. The molecule has 0 spiro atoms. The van der Waals surface area contributed by atoms with Gasteiger partial charge in [0.2, 0.25) is 0 Å². The van der Waals surface area contributed by atoms with E-state index in [-0.39, 0.29) is 0 Å². The molecule has 23 heavy (non-hydrogen) atoms. The first kappa shape index (κ1) is 16.7. The zero-order valence-electron chi connectivity index (χ0n) is 14.6. The Balaban J connectivity index is 1.37. The van der Waals surface area contributed by atoms with Crippen molar-refractivity contribution in [2.24, 2.45) is 16.8 Å². The smallest absolute Gasteiger partial charge is 0.193 e. The Morgan fingerprint density at radius 2 is 2.04 bits per heavy atom. The number of thiazole rings is 1. The van der Waals surface area contributed by atoms with Crippen molar-refractivity contribution in [1.82, 2.24) is 15.2 Å². The highest BCUT2D eigenvalue weighted by atomic mass is 32.1. The first-order chi connectivity index (χ1) is 11.3.